The smallest absolute Gasteiger partial charge is 0.272 e. The summed E-state index contributed by atoms with van der Waals surface area (Å²) >= 11 is 0. The van der Waals surface area contributed by atoms with E-state index in [1.165, 1.54) is 10.2 Å². The van der Waals surface area contributed by atoms with Crippen LogP contribution in [0.25, 0.3) is 22.3 Å². The van der Waals surface area contributed by atoms with Gasteiger partial charge in [-0.05, 0) is 11.1 Å². The first-order valence-corrected chi connectivity index (χ1v) is 7.98. The summed E-state index contributed by atoms with van der Waals surface area (Å²) in [6.07, 6.45) is -21.3. The van der Waals surface area contributed by atoms with E-state index in [9.17, 15) is 52.7 Å². The second-order valence-electron chi connectivity index (χ2n) is 6.21. The molecule has 0 unspecified atom stereocenters. The number of alkyl halides is 12. The van der Waals surface area contributed by atoms with Gasteiger partial charge in [0.05, 0.1) is 0 Å². The van der Waals surface area contributed by atoms with Gasteiger partial charge in [-0.15, -0.1) is 0 Å². The van der Waals surface area contributed by atoms with E-state index >= 15 is 0 Å². The van der Waals surface area contributed by atoms with Crippen molar-refractivity contribution in [2.75, 3.05) is 0 Å². The second-order valence-corrected chi connectivity index (χ2v) is 6.21. The second kappa shape index (κ2) is 7.16. The predicted octanol–water partition coefficient (Wildman–Crippen LogP) is 6.54. The standard InChI is InChI=1S/C16H6F12N4/c17-13(18,19)9-7(10(30-29-9)14(20,21)22)5-1-2-6(4-3-5)8-11(15(23,24)25)31-32-12(8)16(26,27)28/h1-4H,(H,29,30)(H,31,32). The first-order chi connectivity index (χ1) is 14.4. The molecular weight excluding hydrogens is 476 g/mol. The predicted molar refractivity (Wildman–Crippen MR) is 81.6 cm³/mol. The van der Waals surface area contributed by atoms with Gasteiger partial charge in [-0.2, -0.15) is 62.9 Å². The van der Waals surface area contributed by atoms with Crippen LogP contribution in [0.4, 0.5) is 52.7 Å². The van der Waals surface area contributed by atoms with Gasteiger partial charge in [0.1, 0.15) is 11.4 Å². The van der Waals surface area contributed by atoms with Crippen LogP contribution in [0.2, 0.25) is 0 Å². The number of hydrogen-bond acceptors (Lipinski definition) is 2. The van der Waals surface area contributed by atoms with Crippen molar-refractivity contribution < 1.29 is 52.7 Å². The number of hydrogen-bond donors (Lipinski definition) is 2. The van der Waals surface area contributed by atoms with E-state index < -0.39 is 69.7 Å². The minimum atomic E-state index is -5.34. The number of aromatic nitrogens is 4. The van der Waals surface area contributed by atoms with Crippen LogP contribution in [0, 0.1) is 0 Å². The fraction of sp³-hybridized carbons (Fsp3) is 0.250. The van der Waals surface area contributed by atoms with E-state index in [1.54, 1.807) is 0 Å². The number of H-pyrrole nitrogens is 2. The lowest BCUT2D eigenvalue weighted by molar-refractivity contribution is -0.143. The summed E-state index contributed by atoms with van der Waals surface area (Å²) in [4.78, 5) is 0. The highest BCUT2D eigenvalue weighted by atomic mass is 19.4. The molecule has 3 aromatic rings. The maximum atomic E-state index is 13.1. The van der Waals surface area contributed by atoms with Gasteiger partial charge in [0.25, 0.3) is 0 Å². The zero-order chi connectivity index (χ0) is 24.3. The molecule has 0 fully saturated rings. The van der Waals surface area contributed by atoms with E-state index in [-0.39, 0.29) is 0 Å². The monoisotopic (exact) mass is 482 g/mol. The maximum absolute atomic E-state index is 13.1. The third kappa shape index (κ3) is 4.25. The molecule has 2 N–H and O–H groups in total. The third-order valence-corrected chi connectivity index (χ3v) is 4.10. The molecule has 0 atom stereocenters. The highest BCUT2D eigenvalue weighted by molar-refractivity contribution is 5.76. The zero-order valence-corrected chi connectivity index (χ0v) is 14.7. The van der Waals surface area contributed by atoms with Crippen molar-refractivity contribution in [2.24, 2.45) is 0 Å². The summed E-state index contributed by atoms with van der Waals surface area (Å²) < 4.78 is 157. The lowest BCUT2D eigenvalue weighted by Gasteiger charge is -2.13. The largest absolute Gasteiger partial charge is 0.435 e. The van der Waals surface area contributed by atoms with Crippen LogP contribution in [-0.2, 0) is 24.7 Å². The molecule has 0 amide bonds. The summed E-state index contributed by atoms with van der Waals surface area (Å²) in [5.41, 5.74) is -12.2. The highest BCUT2D eigenvalue weighted by Gasteiger charge is 2.46. The Morgan fingerprint density at radius 3 is 0.969 bits per heavy atom. The van der Waals surface area contributed by atoms with Crippen LogP contribution in [0.3, 0.4) is 0 Å². The number of halogens is 12. The molecule has 0 saturated heterocycles. The summed E-state index contributed by atoms with van der Waals surface area (Å²) in [7, 11) is 0. The van der Waals surface area contributed by atoms with Gasteiger partial charge in [0.2, 0.25) is 0 Å². The van der Waals surface area contributed by atoms with Crippen molar-refractivity contribution in [3.05, 3.63) is 47.0 Å². The van der Waals surface area contributed by atoms with E-state index in [0.717, 1.165) is 0 Å². The quantitative estimate of drug-likeness (QED) is 0.408. The van der Waals surface area contributed by atoms with Crippen LogP contribution in [0.1, 0.15) is 22.8 Å². The van der Waals surface area contributed by atoms with Crippen molar-refractivity contribution in [1.82, 2.24) is 20.4 Å². The van der Waals surface area contributed by atoms with Crippen molar-refractivity contribution in [1.29, 1.82) is 0 Å². The molecule has 16 heteroatoms. The fourth-order valence-corrected chi connectivity index (χ4v) is 2.87. The molecule has 0 radical (unpaired) electrons. The third-order valence-electron chi connectivity index (χ3n) is 4.10. The van der Waals surface area contributed by atoms with Crippen molar-refractivity contribution >= 4 is 0 Å². The molecule has 0 saturated carbocycles. The molecule has 174 valence electrons. The molecule has 2 heterocycles. The van der Waals surface area contributed by atoms with Gasteiger partial charge < -0.3 is 0 Å². The summed E-state index contributed by atoms with van der Waals surface area (Å²) in [6, 6.07) is 2.05. The Morgan fingerprint density at radius 1 is 0.469 bits per heavy atom. The topological polar surface area (TPSA) is 57.4 Å². The van der Waals surface area contributed by atoms with Crippen molar-refractivity contribution in [2.45, 2.75) is 24.7 Å². The van der Waals surface area contributed by atoms with Gasteiger partial charge in [-0.1, -0.05) is 24.3 Å². The van der Waals surface area contributed by atoms with Crippen LogP contribution < -0.4 is 0 Å². The Morgan fingerprint density at radius 2 is 0.750 bits per heavy atom. The number of aromatic amines is 2. The maximum Gasteiger partial charge on any atom is 0.435 e. The van der Waals surface area contributed by atoms with Gasteiger partial charge >= 0.3 is 24.7 Å². The molecule has 3 rings (SSSR count). The molecule has 0 aliphatic heterocycles. The summed E-state index contributed by atoms with van der Waals surface area (Å²) in [5.74, 6) is 0. The normalized spacial score (nSPS) is 13.6. The molecule has 0 aliphatic carbocycles. The Labute approximate surface area is 168 Å². The minimum absolute atomic E-state index is 0.512. The SMILES string of the molecule is FC(F)(F)c1n[nH]c(C(F)(F)F)c1-c1ccc(-c2c(C(F)(F)F)n[nH]c2C(F)(F)F)cc1. The van der Waals surface area contributed by atoms with Crippen LogP contribution in [0.5, 0.6) is 0 Å². The van der Waals surface area contributed by atoms with Gasteiger partial charge in [0.15, 0.2) is 11.4 Å². The molecule has 0 spiro atoms. The minimum Gasteiger partial charge on any atom is -0.272 e. The number of rotatable bonds is 2. The average molecular weight is 482 g/mol. The van der Waals surface area contributed by atoms with E-state index in [4.69, 9.17) is 0 Å². The van der Waals surface area contributed by atoms with Gasteiger partial charge in [-0.25, -0.2) is 0 Å². The Kier molecular flexibility index (Phi) is 5.25. The molecule has 2 aromatic heterocycles. The molecule has 0 bridgehead atoms. The lowest BCUT2D eigenvalue weighted by Crippen LogP contribution is -2.11. The Hall–Kier alpha value is -3.20. The first-order valence-electron chi connectivity index (χ1n) is 7.98. The molecule has 0 aliphatic rings. The number of nitrogens with zero attached hydrogens (tertiary/aromatic N) is 2. The van der Waals surface area contributed by atoms with Crippen LogP contribution >= 0.6 is 0 Å². The zero-order valence-electron chi connectivity index (χ0n) is 14.7. The van der Waals surface area contributed by atoms with Crippen LogP contribution in [0.15, 0.2) is 24.3 Å². The molecule has 4 nitrogen and oxygen atoms in total. The number of benzene rings is 1. The van der Waals surface area contributed by atoms with Gasteiger partial charge in [0, 0.05) is 11.1 Å². The highest BCUT2D eigenvalue weighted by Crippen LogP contribution is 2.45. The van der Waals surface area contributed by atoms with Crippen LogP contribution in [-0.4, -0.2) is 20.4 Å². The molecular formula is C16H6F12N4. The first kappa shape index (κ1) is 23.5. The number of nitrogens with one attached hydrogen (secondary N) is 2. The summed E-state index contributed by atoms with van der Waals surface area (Å²) in [6.45, 7) is 0. The van der Waals surface area contributed by atoms with Crippen molar-refractivity contribution in [3.63, 3.8) is 0 Å². The van der Waals surface area contributed by atoms with Crippen molar-refractivity contribution in [3.8, 4) is 22.3 Å². The van der Waals surface area contributed by atoms with Gasteiger partial charge in [-0.3, -0.25) is 10.2 Å². The fourth-order valence-electron chi connectivity index (χ4n) is 2.87. The molecule has 1 aromatic carbocycles. The van der Waals surface area contributed by atoms with E-state index in [1.807, 2.05) is 0 Å². The Balaban J connectivity index is 2.20. The van der Waals surface area contributed by atoms with E-state index in [0.29, 0.717) is 24.3 Å². The summed E-state index contributed by atoms with van der Waals surface area (Å²) in [5, 5.41) is 7.65. The molecule has 32 heavy (non-hydrogen) atoms. The Bertz CT molecular complexity index is 958. The van der Waals surface area contributed by atoms with E-state index in [2.05, 4.69) is 10.2 Å². The lowest BCUT2D eigenvalue weighted by atomic mass is 9.97. The average Bonchev–Trinajstić information content (AvgIpc) is 3.25.